The molecule has 0 saturated carbocycles. The third-order valence-electron chi connectivity index (χ3n) is 4.32. The van der Waals surface area contributed by atoms with Gasteiger partial charge in [-0.1, -0.05) is 29.8 Å². The minimum absolute atomic E-state index is 0.0433. The monoisotopic (exact) mass is 310 g/mol. The van der Waals surface area contributed by atoms with Crippen LogP contribution in [0.2, 0.25) is 0 Å². The second kappa shape index (κ2) is 6.73. The number of benzene rings is 2. The van der Waals surface area contributed by atoms with Crippen LogP contribution in [-0.2, 0) is 0 Å². The zero-order chi connectivity index (χ0) is 16.2. The van der Waals surface area contributed by atoms with Crippen LogP contribution in [0.25, 0.3) is 0 Å². The zero-order valence-corrected chi connectivity index (χ0v) is 13.6. The van der Waals surface area contributed by atoms with E-state index >= 15 is 0 Å². The minimum Gasteiger partial charge on any atom is -0.497 e. The number of amides is 2. The molecule has 0 aromatic heterocycles. The molecule has 4 nitrogen and oxygen atoms in total. The first-order valence-corrected chi connectivity index (χ1v) is 7.95. The number of nitrogens with one attached hydrogen (secondary N) is 1. The van der Waals surface area contributed by atoms with Gasteiger partial charge in [0, 0.05) is 12.2 Å². The molecule has 1 aliphatic heterocycles. The standard InChI is InChI=1S/C19H22N2O2/c1-14-5-7-15(8-6-14)18-4-3-13-21(18)19(22)20-16-9-11-17(23-2)12-10-16/h5-12,18H,3-4,13H2,1-2H3,(H,20,22)/t18-/m1/s1. The van der Waals surface area contributed by atoms with Crippen LogP contribution < -0.4 is 10.1 Å². The van der Waals surface area contributed by atoms with Gasteiger partial charge in [0.1, 0.15) is 5.75 Å². The van der Waals surface area contributed by atoms with Crippen molar-refractivity contribution in [1.29, 1.82) is 0 Å². The molecular formula is C19H22N2O2. The lowest BCUT2D eigenvalue weighted by atomic mass is 10.0. The summed E-state index contributed by atoms with van der Waals surface area (Å²) in [5.41, 5.74) is 3.23. The summed E-state index contributed by atoms with van der Waals surface area (Å²) in [7, 11) is 1.63. The smallest absolute Gasteiger partial charge is 0.322 e. The Morgan fingerprint density at radius 2 is 1.83 bits per heavy atom. The predicted octanol–water partition coefficient (Wildman–Crippen LogP) is 4.37. The summed E-state index contributed by atoms with van der Waals surface area (Å²) in [6.07, 6.45) is 2.05. The SMILES string of the molecule is COc1ccc(NC(=O)N2CCC[C@@H]2c2ccc(C)cc2)cc1. The van der Waals surface area contributed by atoms with Crippen LogP contribution in [0.3, 0.4) is 0 Å². The molecule has 23 heavy (non-hydrogen) atoms. The highest BCUT2D eigenvalue weighted by atomic mass is 16.5. The first kappa shape index (κ1) is 15.4. The Balaban J connectivity index is 1.71. The highest BCUT2D eigenvalue weighted by Gasteiger charge is 2.29. The molecule has 0 bridgehead atoms. The number of aryl methyl sites for hydroxylation is 1. The van der Waals surface area contributed by atoms with Crippen LogP contribution in [0.1, 0.15) is 30.0 Å². The average molecular weight is 310 g/mol. The molecule has 1 heterocycles. The average Bonchev–Trinajstić information content (AvgIpc) is 3.06. The summed E-state index contributed by atoms with van der Waals surface area (Å²) in [5.74, 6) is 0.779. The Kier molecular flexibility index (Phi) is 4.51. The summed E-state index contributed by atoms with van der Waals surface area (Å²) < 4.78 is 5.14. The van der Waals surface area contributed by atoms with Crippen molar-refractivity contribution < 1.29 is 9.53 Å². The first-order chi connectivity index (χ1) is 11.2. The van der Waals surface area contributed by atoms with Gasteiger partial charge >= 0.3 is 6.03 Å². The fraction of sp³-hybridized carbons (Fsp3) is 0.316. The van der Waals surface area contributed by atoms with Crippen molar-refractivity contribution >= 4 is 11.7 Å². The highest BCUT2D eigenvalue weighted by Crippen LogP contribution is 2.32. The van der Waals surface area contributed by atoms with Crippen LogP contribution >= 0.6 is 0 Å². The number of methoxy groups -OCH3 is 1. The van der Waals surface area contributed by atoms with Crippen molar-refractivity contribution in [2.24, 2.45) is 0 Å². The van der Waals surface area contributed by atoms with Gasteiger partial charge in [0.05, 0.1) is 13.2 Å². The number of ether oxygens (including phenoxy) is 1. The van der Waals surface area contributed by atoms with E-state index in [-0.39, 0.29) is 12.1 Å². The predicted molar refractivity (Wildman–Crippen MR) is 91.9 cm³/mol. The quantitative estimate of drug-likeness (QED) is 0.914. The summed E-state index contributed by atoms with van der Waals surface area (Å²) in [6, 6.07) is 16.0. The molecule has 2 aromatic carbocycles. The lowest BCUT2D eigenvalue weighted by Crippen LogP contribution is -2.34. The Hall–Kier alpha value is -2.49. The Morgan fingerprint density at radius 1 is 1.13 bits per heavy atom. The molecule has 1 saturated heterocycles. The van der Waals surface area contributed by atoms with E-state index in [1.807, 2.05) is 29.2 Å². The topological polar surface area (TPSA) is 41.6 Å². The van der Waals surface area contributed by atoms with E-state index in [0.29, 0.717) is 0 Å². The molecule has 3 rings (SSSR count). The summed E-state index contributed by atoms with van der Waals surface area (Å²) in [4.78, 5) is 14.5. The van der Waals surface area contributed by atoms with E-state index in [1.165, 1.54) is 11.1 Å². The van der Waals surface area contributed by atoms with Crippen LogP contribution in [-0.4, -0.2) is 24.6 Å². The Morgan fingerprint density at radius 3 is 2.48 bits per heavy atom. The molecule has 0 radical (unpaired) electrons. The van der Waals surface area contributed by atoms with Crippen molar-refractivity contribution in [3.8, 4) is 5.75 Å². The molecular weight excluding hydrogens is 288 g/mol. The third-order valence-corrected chi connectivity index (χ3v) is 4.32. The van der Waals surface area contributed by atoms with Gasteiger partial charge in [0.15, 0.2) is 0 Å². The van der Waals surface area contributed by atoms with E-state index in [1.54, 1.807) is 7.11 Å². The second-order valence-corrected chi connectivity index (χ2v) is 5.92. The number of carbonyl (C=O) groups excluding carboxylic acids is 1. The maximum absolute atomic E-state index is 12.6. The van der Waals surface area contributed by atoms with Gasteiger partial charge in [0.2, 0.25) is 0 Å². The summed E-state index contributed by atoms with van der Waals surface area (Å²) in [5, 5.41) is 2.98. The van der Waals surface area contributed by atoms with E-state index < -0.39 is 0 Å². The van der Waals surface area contributed by atoms with Gasteiger partial charge < -0.3 is 15.0 Å². The van der Waals surface area contributed by atoms with Crippen LogP contribution in [0.15, 0.2) is 48.5 Å². The van der Waals surface area contributed by atoms with Gasteiger partial charge in [-0.15, -0.1) is 0 Å². The van der Waals surface area contributed by atoms with Gasteiger partial charge in [-0.3, -0.25) is 0 Å². The van der Waals surface area contributed by atoms with Crippen molar-refractivity contribution in [2.45, 2.75) is 25.8 Å². The largest absolute Gasteiger partial charge is 0.497 e. The Bertz CT molecular complexity index is 665. The zero-order valence-electron chi connectivity index (χ0n) is 13.6. The molecule has 1 fully saturated rings. The van der Waals surface area contributed by atoms with Gasteiger partial charge in [-0.05, 0) is 49.6 Å². The van der Waals surface area contributed by atoms with Crippen LogP contribution in [0.4, 0.5) is 10.5 Å². The minimum atomic E-state index is -0.0433. The fourth-order valence-corrected chi connectivity index (χ4v) is 3.01. The molecule has 2 amide bonds. The molecule has 1 atom stereocenters. The molecule has 1 N–H and O–H groups in total. The number of urea groups is 1. The number of anilines is 1. The van der Waals surface area contributed by atoms with E-state index in [9.17, 15) is 4.79 Å². The molecule has 0 aliphatic carbocycles. The van der Waals surface area contributed by atoms with Crippen LogP contribution in [0, 0.1) is 6.92 Å². The second-order valence-electron chi connectivity index (χ2n) is 5.92. The lowest BCUT2D eigenvalue weighted by Gasteiger charge is -2.25. The molecule has 0 spiro atoms. The maximum atomic E-state index is 12.6. The summed E-state index contributed by atoms with van der Waals surface area (Å²) in [6.45, 7) is 2.87. The highest BCUT2D eigenvalue weighted by molar-refractivity contribution is 5.89. The summed E-state index contributed by atoms with van der Waals surface area (Å²) >= 11 is 0. The van der Waals surface area contributed by atoms with Crippen molar-refractivity contribution in [3.63, 3.8) is 0 Å². The Labute approximate surface area is 137 Å². The number of rotatable bonds is 3. The van der Waals surface area contributed by atoms with E-state index in [0.717, 1.165) is 30.8 Å². The van der Waals surface area contributed by atoms with Crippen molar-refractivity contribution in [3.05, 3.63) is 59.7 Å². The molecule has 1 aliphatic rings. The van der Waals surface area contributed by atoms with Gasteiger partial charge in [-0.2, -0.15) is 0 Å². The fourth-order valence-electron chi connectivity index (χ4n) is 3.01. The number of carbonyl (C=O) groups is 1. The van der Waals surface area contributed by atoms with Crippen LogP contribution in [0.5, 0.6) is 5.75 Å². The van der Waals surface area contributed by atoms with Crippen molar-refractivity contribution in [1.82, 2.24) is 4.90 Å². The van der Waals surface area contributed by atoms with Crippen molar-refractivity contribution in [2.75, 3.05) is 19.0 Å². The lowest BCUT2D eigenvalue weighted by molar-refractivity contribution is 0.207. The third kappa shape index (κ3) is 3.47. The number of nitrogens with zero attached hydrogens (tertiary/aromatic N) is 1. The number of hydrogen-bond acceptors (Lipinski definition) is 2. The molecule has 2 aromatic rings. The maximum Gasteiger partial charge on any atom is 0.322 e. The van der Waals surface area contributed by atoms with Gasteiger partial charge in [0.25, 0.3) is 0 Å². The molecule has 0 unspecified atom stereocenters. The normalized spacial score (nSPS) is 17.1. The van der Waals surface area contributed by atoms with E-state index in [2.05, 4.69) is 36.5 Å². The van der Waals surface area contributed by atoms with Gasteiger partial charge in [-0.25, -0.2) is 4.79 Å². The molecule has 120 valence electrons. The first-order valence-electron chi connectivity index (χ1n) is 7.95. The number of hydrogen-bond donors (Lipinski definition) is 1. The van der Waals surface area contributed by atoms with E-state index in [4.69, 9.17) is 4.74 Å². The number of likely N-dealkylation sites (tertiary alicyclic amines) is 1. The molecule has 4 heteroatoms.